The topological polar surface area (TPSA) is 32.3 Å². The summed E-state index contributed by atoms with van der Waals surface area (Å²) < 4.78 is 0. The molecule has 0 saturated carbocycles. The van der Waals surface area contributed by atoms with Crippen molar-refractivity contribution in [2.75, 3.05) is 13.1 Å². The van der Waals surface area contributed by atoms with E-state index >= 15 is 0 Å². The van der Waals surface area contributed by atoms with Crippen LogP contribution in [-0.4, -0.2) is 24.3 Å². The summed E-state index contributed by atoms with van der Waals surface area (Å²) in [6.45, 7) is 8.22. The van der Waals surface area contributed by atoms with Gasteiger partial charge in [0.2, 0.25) is 0 Å². The maximum atomic E-state index is 9.25. The van der Waals surface area contributed by atoms with Gasteiger partial charge in [0.15, 0.2) is 0 Å². The van der Waals surface area contributed by atoms with Gasteiger partial charge in [-0.3, -0.25) is 0 Å². The minimum Gasteiger partial charge on any atom is -0.392 e. The Kier molecular flexibility index (Phi) is 7.51. The number of rotatable bonds is 7. The summed E-state index contributed by atoms with van der Waals surface area (Å²) in [6.07, 6.45) is 3.13. The summed E-state index contributed by atoms with van der Waals surface area (Å²) in [6, 6.07) is 0. The van der Waals surface area contributed by atoms with Crippen LogP contribution < -0.4 is 5.32 Å². The molecular weight excluding hydrogens is 150 g/mol. The first-order valence-electron chi connectivity index (χ1n) is 5.13. The van der Waals surface area contributed by atoms with E-state index in [4.69, 9.17) is 0 Å². The van der Waals surface area contributed by atoms with E-state index in [1.807, 2.05) is 6.92 Å². The molecule has 0 saturated heterocycles. The zero-order valence-corrected chi connectivity index (χ0v) is 8.64. The number of hydrogen-bond acceptors (Lipinski definition) is 2. The van der Waals surface area contributed by atoms with E-state index in [0.717, 1.165) is 25.4 Å². The summed E-state index contributed by atoms with van der Waals surface area (Å²) in [5.41, 5.74) is 0. The molecule has 0 aromatic rings. The molecule has 0 radical (unpaired) electrons. The lowest BCUT2D eigenvalue weighted by Crippen LogP contribution is -2.30. The Hall–Kier alpha value is -0.0800. The lowest BCUT2D eigenvalue weighted by molar-refractivity contribution is 0.165. The Morgan fingerprint density at radius 3 is 2.00 bits per heavy atom. The highest BCUT2D eigenvalue weighted by Gasteiger charge is 2.04. The fourth-order valence-corrected chi connectivity index (χ4v) is 1.18. The zero-order valence-electron chi connectivity index (χ0n) is 8.64. The van der Waals surface area contributed by atoms with Crippen LogP contribution in [0.15, 0.2) is 0 Å². The van der Waals surface area contributed by atoms with Gasteiger partial charge in [-0.25, -0.2) is 0 Å². The molecule has 1 unspecified atom stereocenters. The normalized spacial score (nSPS) is 13.8. The van der Waals surface area contributed by atoms with Gasteiger partial charge in [0, 0.05) is 6.54 Å². The second-order valence-corrected chi connectivity index (χ2v) is 3.40. The lowest BCUT2D eigenvalue weighted by Gasteiger charge is -2.14. The standard InChI is InChI=1S/C10H23NO/c1-4-9(5-2)7-11-8-10(12)6-3/h9-12H,4-8H2,1-3H3. The molecule has 0 aliphatic rings. The molecule has 0 aliphatic carbocycles. The van der Waals surface area contributed by atoms with Gasteiger partial charge >= 0.3 is 0 Å². The number of nitrogens with one attached hydrogen (secondary N) is 1. The average molecular weight is 173 g/mol. The van der Waals surface area contributed by atoms with Crippen LogP contribution in [0.5, 0.6) is 0 Å². The molecule has 1 atom stereocenters. The Labute approximate surface area is 76.4 Å². The molecule has 2 heteroatoms. The van der Waals surface area contributed by atoms with E-state index in [1.165, 1.54) is 12.8 Å². The summed E-state index contributed by atoms with van der Waals surface area (Å²) in [4.78, 5) is 0. The maximum absolute atomic E-state index is 9.25. The molecular formula is C10H23NO. The van der Waals surface area contributed by atoms with Gasteiger partial charge in [0.25, 0.3) is 0 Å². The highest BCUT2D eigenvalue weighted by molar-refractivity contribution is 4.61. The molecule has 0 aromatic carbocycles. The van der Waals surface area contributed by atoms with Crippen LogP contribution in [-0.2, 0) is 0 Å². The Morgan fingerprint density at radius 1 is 1.00 bits per heavy atom. The van der Waals surface area contributed by atoms with Crippen molar-refractivity contribution in [2.45, 2.75) is 46.1 Å². The predicted molar refractivity (Wildman–Crippen MR) is 53.2 cm³/mol. The third-order valence-corrected chi connectivity index (χ3v) is 2.44. The van der Waals surface area contributed by atoms with Crippen molar-refractivity contribution in [1.29, 1.82) is 0 Å². The molecule has 12 heavy (non-hydrogen) atoms. The van der Waals surface area contributed by atoms with E-state index in [0.29, 0.717) is 0 Å². The van der Waals surface area contributed by atoms with Crippen molar-refractivity contribution in [3.63, 3.8) is 0 Å². The van der Waals surface area contributed by atoms with E-state index in [1.54, 1.807) is 0 Å². The van der Waals surface area contributed by atoms with Crippen molar-refractivity contribution < 1.29 is 5.11 Å². The number of aliphatic hydroxyl groups excluding tert-OH is 1. The zero-order chi connectivity index (χ0) is 9.40. The molecule has 0 spiro atoms. The molecule has 0 rings (SSSR count). The number of aliphatic hydroxyl groups is 1. The lowest BCUT2D eigenvalue weighted by atomic mass is 10.0. The molecule has 0 heterocycles. The van der Waals surface area contributed by atoms with Crippen molar-refractivity contribution >= 4 is 0 Å². The van der Waals surface area contributed by atoms with Gasteiger partial charge in [0.1, 0.15) is 0 Å². The first-order valence-corrected chi connectivity index (χ1v) is 5.13. The van der Waals surface area contributed by atoms with Gasteiger partial charge in [-0.1, -0.05) is 33.6 Å². The third-order valence-electron chi connectivity index (χ3n) is 2.44. The van der Waals surface area contributed by atoms with Gasteiger partial charge in [-0.15, -0.1) is 0 Å². The quantitative estimate of drug-likeness (QED) is 0.615. The molecule has 2 N–H and O–H groups in total. The third kappa shape index (κ3) is 5.56. The smallest absolute Gasteiger partial charge is 0.0662 e. The molecule has 0 aromatic heterocycles. The van der Waals surface area contributed by atoms with Gasteiger partial charge in [-0.05, 0) is 18.9 Å². The van der Waals surface area contributed by atoms with E-state index < -0.39 is 0 Å². The van der Waals surface area contributed by atoms with Crippen molar-refractivity contribution in [1.82, 2.24) is 5.32 Å². The van der Waals surface area contributed by atoms with Crippen LogP contribution >= 0.6 is 0 Å². The maximum Gasteiger partial charge on any atom is 0.0662 e. The fourth-order valence-electron chi connectivity index (χ4n) is 1.18. The van der Waals surface area contributed by atoms with Crippen LogP contribution in [0.2, 0.25) is 0 Å². The summed E-state index contributed by atoms with van der Waals surface area (Å²) >= 11 is 0. The number of hydrogen-bond donors (Lipinski definition) is 2. The highest BCUT2D eigenvalue weighted by atomic mass is 16.3. The monoisotopic (exact) mass is 173 g/mol. The first kappa shape index (κ1) is 11.9. The van der Waals surface area contributed by atoms with Crippen LogP contribution in [0, 0.1) is 5.92 Å². The van der Waals surface area contributed by atoms with Crippen molar-refractivity contribution in [3.8, 4) is 0 Å². The molecule has 0 bridgehead atoms. The van der Waals surface area contributed by atoms with Gasteiger partial charge < -0.3 is 10.4 Å². The second kappa shape index (κ2) is 7.56. The Morgan fingerprint density at radius 2 is 1.58 bits per heavy atom. The van der Waals surface area contributed by atoms with Crippen LogP contribution in [0.1, 0.15) is 40.0 Å². The van der Waals surface area contributed by atoms with Crippen LogP contribution in [0.4, 0.5) is 0 Å². The fraction of sp³-hybridized carbons (Fsp3) is 1.00. The first-order chi connectivity index (χ1) is 5.74. The van der Waals surface area contributed by atoms with Crippen molar-refractivity contribution in [2.24, 2.45) is 5.92 Å². The Balaban J connectivity index is 3.28. The van der Waals surface area contributed by atoms with E-state index in [2.05, 4.69) is 19.2 Å². The van der Waals surface area contributed by atoms with Crippen molar-refractivity contribution in [3.05, 3.63) is 0 Å². The minimum atomic E-state index is -0.167. The second-order valence-electron chi connectivity index (χ2n) is 3.40. The largest absolute Gasteiger partial charge is 0.392 e. The summed E-state index contributed by atoms with van der Waals surface area (Å²) in [5.74, 6) is 0.772. The van der Waals surface area contributed by atoms with Gasteiger partial charge in [-0.2, -0.15) is 0 Å². The van der Waals surface area contributed by atoms with E-state index in [9.17, 15) is 5.11 Å². The molecule has 2 nitrogen and oxygen atoms in total. The Bertz CT molecular complexity index is 91.8. The van der Waals surface area contributed by atoms with Gasteiger partial charge in [0.05, 0.1) is 6.10 Å². The van der Waals surface area contributed by atoms with E-state index in [-0.39, 0.29) is 6.10 Å². The highest BCUT2D eigenvalue weighted by Crippen LogP contribution is 2.04. The summed E-state index contributed by atoms with van der Waals surface area (Å²) in [5, 5.41) is 12.5. The molecule has 0 fully saturated rings. The average Bonchev–Trinajstić information content (AvgIpc) is 2.12. The molecule has 0 amide bonds. The van der Waals surface area contributed by atoms with Crippen LogP contribution in [0.25, 0.3) is 0 Å². The van der Waals surface area contributed by atoms with Crippen LogP contribution in [0.3, 0.4) is 0 Å². The SMILES string of the molecule is CCC(O)CNCC(CC)CC. The molecule has 0 aliphatic heterocycles. The predicted octanol–water partition coefficient (Wildman–Crippen LogP) is 1.78. The summed E-state index contributed by atoms with van der Waals surface area (Å²) in [7, 11) is 0. The minimum absolute atomic E-state index is 0.167. The molecule has 74 valence electrons.